The standard InChI is InChI=1S/C22H20ClFN2OS/c1-14(2)12-15-6-8-16(9-7-15)20-13-28-22(25-20)26-21(27)11-10-17-18(23)4-3-5-19(17)24/h3-11,13-14H,12H2,1-2H3,(H,25,26,27). The molecule has 0 spiro atoms. The van der Waals surface area contributed by atoms with Crippen LogP contribution in [0.2, 0.25) is 5.02 Å². The van der Waals surface area contributed by atoms with Gasteiger partial charge in [-0.1, -0.05) is 55.8 Å². The van der Waals surface area contributed by atoms with Crippen molar-refractivity contribution in [3.8, 4) is 11.3 Å². The van der Waals surface area contributed by atoms with E-state index < -0.39 is 11.7 Å². The highest BCUT2D eigenvalue weighted by atomic mass is 35.5. The van der Waals surface area contributed by atoms with Gasteiger partial charge in [0.05, 0.1) is 10.7 Å². The molecule has 0 bridgehead atoms. The molecule has 0 atom stereocenters. The number of amides is 1. The van der Waals surface area contributed by atoms with Gasteiger partial charge in [-0.25, -0.2) is 9.37 Å². The predicted molar refractivity (Wildman–Crippen MR) is 115 cm³/mol. The maximum atomic E-state index is 13.7. The third kappa shape index (κ3) is 5.27. The van der Waals surface area contributed by atoms with Crippen molar-refractivity contribution in [2.75, 3.05) is 5.32 Å². The molecule has 0 fully saturated rings. The lowest BCUT2D eigenvalue weighted by Crippen LogP contribution is -2.07. The van der Waals surface area contributed by atoms with Crippen molar-refractivity contribution in [1.29, 1.82) is 0 Å². The average molecular weight is 415 g/mol. The van der Waals surface area contributed by atoms with Gasteiger partial charge in [-0.3, -0.25) is 10.1 Å². The molecule has 2 aromatic carbocycles. The van der Waals surface area contributed by atoms with Crippen LogP contribution < -0.4 is 5.32 Å². The number of aromatic nitrogens is 1. The van der Waals surface area contributed by atoms with Crippen LogP contribution in [-0.4, -0.2) is 10.9 Å². The molecule has 3 nitrogen and oxygen atoms in total. The monoisotopic (exact) mass is 414 g/mol. The second-order valence-corrected chi connectivity index (χ2v) is 8.06. The van der Waals surface area contributed by atoms with Crippen molar-refractivity contribution in [2.45, 2.75) is 20.3 Å². The van der Waals surface area contributed by atoms with Crippen molar-refractivity contribution in [1.82, 2.24) is 4.98 Å². The summed E-state index contributed by atoms with van der Waals surface area (Å²) in [4.78, 5) is 16.6. The number of thiazole rings is 1. The molecule has 0 aliphatic carbocycles. The summed E-state index contributed by atoms with van der Waals surface area (Å²) in [5.74, 6) is -0.263. The molecule has 1 amide bonds. The van der Waals surface area contributed by atoms with Crippen LogP contribution in [0.25, 0.3) is 17.3 Å². The van der Waals surface area contributed by atoms with Gasteiger partial charge in [-0.2, -0.15) is 0 Å². The number of hydrogen-bond acceptors (Lipinski definition) is 3. The van der Waals surface area contributed by atoms with E-state index in [1.165, 1.54) is 41.2 Å². The van der Waals surface area contributed by atoms with Crippen molar-refractivity contribution in [2.24, 2.45) is 5.92 Å². The third-order valence-corrected chi connectivity index (χ3v) is 5.12. The number of hydrogen-bond donors (Lipinski definition) is 1. The molecular formula is C22H20ClFN2OS. The van der Waals surface area contributed by atoms with Crippen LogP contribution in [-0.2, 0) is 11.2 Å². The number of halogens is 2. The lowest BCUT2D eigenvalue weighted by molar-refractivity contribution is -0.111. The zero-order valence-electron chi connectivity index (χ0n) is 15.6. The molecule has 28 heavy (non-hydrogen) atoms. The van der Waals surface area contributed by atoms with Gasteiger partial charge >= 0.3 is 0 Å². The lowest BCUT2D eigenvalue weighted by atomic mass is 10.0. The Labute approximate surface area is 172 Å². The summed E-state index contributed by atoms with van der Waals surface area (Å²) in [7, 11) is 0. The third-order valence-electron chi connectivity index (χ3n) is 4.03. The molecule has 0 unspecified atom stereocenters. The molecule has 0 aliphatic heterocycles. The van der Waals surface area contributed by atoms with Crippen molar-refractivity contribution in [3.63, 3.8) is 0 Å². The van der Waals surface area contributed by atoms with Gasteiger partial charge in [0.25, 0.3) is 0 Å². The molecule has 0 saturated carbocycles. The molecular weight excluding hydrogens is 395 g/mol. The summed E-state index contributed by atoms with van der Waals surface area (Å²) in [5, 5.41) is 5.32. The van der Waals surface area contributed by atoms with E-state index in [1.54, 1.807) is 6.07 Å². The van der Waals surface area contributed by atoms with E-state index in [0.717, 1.165) is 17.7 Å². The number of anilines is 1. The summed E-state index contributed by atoms with van der Waals surface area (Å²) < 4.78 is 13.7. The van der Waals surface area contributed by atoms with Crippen molar-refractivity contribution >= 4 is 40.1 Å². The minimum Gasteiger partial charge on any atom is -0.298 e. The molecule has 1 heterocycles. The van der Waals surface area contributed by atoms with Crippen LogP contribution in [0.5, 0.6) is 0 Å². The van der Waals surface area contributed by atoms with Crippen molar-refractivity contribution in [3.05, 3.63) is 75.9 Å². The summed E-state index contributed by atoms with van der Waals surface area (Å²) in [6.45, 7) is 4.38. The smallest absolute Gasteiger partial charge is 0.250 e. The van der Waals surface area contributed by atoms with E-state index in [-0.39, 0.29) is 10.6 Å². The molecule has 144 valence electrons. The fourth-order valence-electron chi connectivity index (χ4n) is 2.72. The Morgan fingerprint density at radius 2 is 2.00 bits per heavy atom. The van der Waals surface area contributed by atoms with Gasteiger partial charge in [-0.15, -0.1) is 11.3 Å². The molecule has 0 saturated heterocycles. The Kier molecular flexibility index (Phi) is 6.60. The quantitative estimate of drug-likeness (QED) is 0.470. The first kappa shape index (κ1) is 20.2. The number of rotatable bonds is 6. The maximum absolute atomic E-state index is 13.7. The number of nitrogens with one attached hydrogen (secondary N) is 1. The Bertz CT molecular complexity index is 976. The van der Waals surface area contributed by atoms with Gasteiger partial charge in [0, 0.05) is 22.6 Å². The van der Waals surface area contributed by atoms with Crippen LogP contribution in [0.1, 0.15) is 25.0 Å². The van der Waals surface area contributed by atoms with E-state index in [2.05, 4.69) is 36.3 Å². The van der Waals surface area contributed by atoms with Crippen LogP contribution in [0.4, 0.5) is 9.52 Å². The Morgan fingerprint density at radius 3 is 2.68 bits per heavy atom. The largest absolute Gasteiger partial charge is 0.298 e. The lowest BCUT2D eigenvalue weighted by Gasteiger charge is -2.05. The number of nitrogens with zero attached hydrogens (tertiary/aromatic N) is 1. The predicted octanol–water partition coefficient (Wildman–Crippen LogP) is 6.45. The van der Waals surface area contributed by atoms with Gasteiger partial charge in [0.1, 0.15) is 5.82 Å². The van der Waals surface area contributed by atoms with E-state index in [1.807, 2.05) is 17.5 Å². The van der Waals surface area contributed by atoms with Crippen LogP contribution in [0, 0.1) is 11.7 Å². The summed E-state index contributed by atoms with van der Waals surface area (Å²) in [5.41, 5.74) is 3.27. The molecule has 3 aromatic rings. The molecule has 1 aromatic heterocycles. The van der Waals surface area contributed by atoms with E-state index >= 15 is 0 Å². The maximum Gasteiger partial charge on any atom is 0.250 e. The van der Waals surface area contributed by atoms with E-state index in [0.29, 0.717) is 11.0 Å². The average Bonchev–Trinajstić information content (AvgIpc) is 3.10. The molecule has 1 N–H and O–H groups in total. The molecule has 6 heteroatoms. The van der Waals surface area contributed by atoms with Gasteiger partial charge in [0.15, 0.2) is 5.13 Å². The van der Waals surface area contributed by atoms with Gasteiger partial charge in [-0.05, 0) is 36.1 Å². The zero-order chi connectivity index (χ0) is 20.1. The Balaban J connectivity index is 1.65. The fourth-order valence-corrected chi connectivity index (χ4v) is 3.67. The number of carbonyl (C=O) groups is 1. The second-order valence-electron chi connectivity index (χ2n) is 6.79. The SMILES string of the molecule is CC(C)Cc1ccc(-c2csc(NC(=O)C=Cc3c(F)cccc3Cl)n2)cc1. The van der Waals surface area contributed by atoms with Crippen LogP contribution in [0.3, 0.4) is 0 Å². The van der Waals surface area contributed by atoms with E-state index in [9.17, 15) is 9.18 Å². The fraction of sp³-hybridized carbons (Fsp3) is 0.182. The first-order chi connectivity index (χ1) is 13.4. The van der Waals surface area contributed by atoms with Crippen LogP contribution >= 0.6 is 22.9 Å². The van der Waals surface area contributed by atoms with Crippen molar-refractivity contribution < 1.29 is 9.18 Å². The minimum absolute atomic E-state index is 0.181. The Hall–Kier alpha value is -2.50. The molecule has 3 rings (SSSR count). The molecule has 0 radical (unpaired) electrons. The second kappa shape index (κ2) is 9.13. The normalized spacial score (nSPS) is 11.3. The molecule has 0 aliphatic rings. The first-order valence-electron chi connectivity index (χ1n) is 8.90. The zero-order valence-corrected chi connectivity index (χ0v) is 17.2. The van der Waals surface area contributed by atoms with Gasteiger partial charge < -0.3 is 0 Å². The minimum atomic E-state index is -0.478. The van der Waals surface area contributed by atoms with Gasteiger partial charge in [0.2, 0.25) is 5.91 Å². The number of benzene rings is 2. The topological polar surface area (TPSA) is 42.0 Å². The highest BCUT2D eigenvalue weighted by Gasteiger charge is 2.08. The van der Waals surface area contributed by atoms with Crippen LogP contribution in [0.15, 0.2) is 53.9 Å². The Morgan fingerprint density at radius 1 is 1.25 bits per heavy atom. The highest BCUT2D eigenvalue weighted by molar-refractivity contribution is 7.14. The number of carbonyl (C=O) groups excluding carboxylic acids is 1. The summed E-state index contributed by atoms with van der Waals surface area (Å²) in [6.07, 6.45) is 3.64. The summed E-state index contributed by atoms with van der Waals surface area (Å²) >= 11 is 7.29. The van der Waals surface area contributed by atoms with E-state index in [4.69, 9.17) is 11.6 Å². The first-order valence-corrected chi connectivity index (χ1v) is 10.2. The highest BCUT2D eigenvalue weighted by Crippen LogP contribution is 2.26. The summed E-state index contributed by atoms with van der Waals surface area (Å²) in [6, 6.07) is 12.7.